The topological polar surface area (TPSA) is 89.0 Å². The SMILES string of the molecule is CCOc1cc(/C=N\NC(=O)c2ccccc2Br)ccc1OCC(=O)Nc1ccc(C)cc1. The number of ether oxygens (including phenoxy) is 2. The Morgan fingerprint density at radius 3 is 2.48 bits per heavy atom. The van der Waals surface area contributed by atoms with Crippen LogP contribution in [0.15, 0.2) is 76.3 Å². The Hall–Kier alpha value is -3.65. The molecule has 0 radical (unpaired) electrons. The Balaban J connectivity index is 1.60. The van der Waals surface area contributed by atoms with Crippen molar-refractivity contribution in [1.29, 1.82) is 0 Å². The second-order valence-electron chi connectivity index (χ2n) is 7.02. The molecule has 170 valence electrons. The van der Waals surface area contributed by atoms with Gasteiger partial charge in [0.05, 0.1) is 18.4 Å². The molecule has 0 aliphatic rings. The van der Waals surface area contributed by atoms with Gasteiger partial charge in [-0.15, -0.1) is 0 Å². The van der Waals surface area contributed by atoms with E-state index in [-0.39, 0.29) is 18.4 Å². The molecule has 0 aliphatic carbocycles. The molecule has 2 N–H and O–H groups in total. The molecular weight excluding hydrogens is 486 g/mol. The lowest BCUT2D eigenvalue weighted by molar-refractivity contribution is -0.118. The molecule has 0 bridgehead atoms. The van der Waals surface area contributed by atoms with Gasteiger partial charge in [-0.1, -0.05) is 29.8 Å². The minimum atomic E-state index is -0.330. The number of carbonyl (C=O) groups excluding carboxylic acids is 2. The van der Waals surface area contributed by atoms with E-state index in [0.717, 1.165) is 5.56 Å². The summed E-state index contributed by atoms with van der Waals surface area (Å²) >= 11 is 3.34. The first kappa shape index (κ1) is 24.0. The van der Waals surface area contributed by atoms with Crippen LogP contribution in [0.3, 0.4) is 0 Å². The lowest BCUT2D eigenvalue weighted by atomic mass is 10.2. The highest BCUT2D eigenvalue weighted by Crippen LogP contribution is 2.28. The zero-order chi connectivity index (χ0) is 23.6. The molecule has 2 amide bonds. The molecule has 0 saturated carbocycles. The fraction of sp³-hybridized carbons (Fsp3) is 0.160. The van der Waals surface area contributed by atoms with Crippen molar-refractivity contribution in [2.45, 2.75) is 13.8 Å². The third kappa shape index (κ3) is 7.18. The predicted octanol–water partition coefficient (Wildman–Crippen LogP) is 4.94. The molecule has 0 heterocycles. The Morgan fingerprint density at radius 2 is 1.76 bits per heavy atom. The molecule has 0 fully saturated rings. The number of anilines is 1. The summed E-state index contributed by atoms with van der Waals surface area (Å²) in [6.07, 6.45) is 1.51. The van der Waals surface area contributed by atoms with E-state index in [1.165, 1.54) is 6.21 Å². The standard InChI is InChI=1S/C25H24BrN3O4/c1-3-32-23-14-18(15-27-29-25(31)20-6-4-5-7-21(20)26)10-13-22(23)33-16-24(30)28-19-11-8-17(2)9-12-19/h4-15H,3,16H2,1-2H3,(H,28,30)(H,29,31)/b27-15-. The largest absolute Gasteiger partial charge is 0.490 e. The maximum atomic E-state index is 12.2. The van der Waals surface area contributed by atoms with Crippen molar-refractivity contribution in [1.82, 2.24) is 5.43 Å². The maximum absolute atomic E-state index is 12.2. The second-order valence-corrected chi connectivity index (χ2v) is 7.88. The average molecular weight is 510 g/mol. The maximum Gasteiger partial charge on any atom is 0.272 e. The number of hydrogen-bond donors (Lipinski definition) is 2. The molecule has 3 aromatic carbocycles. The molecule has 0 unspecified atom stereocenters. The van der Waals surface area contributed by atoms with Gasteiger partial charge in [0.25, 0.3) is 11.8 Å². The Labute approximate surface area is 200 Å². The average Bonchev–Trinajstić information content (AvgIpc) is 2.80. The zero-order valence-electron chi connectivity index (χ0n) is 18.3. The van der Waals surface area contributed by atoms with Gasteiger partial charge in [-0.3, -0.25) is 9.59 Å². The van der Waals surface area contributed by atoms with E-state index in [0.29, 0.717) is 39.4 Å². The molecule has 0 aromatic heterocycles. The fourth-order valence-electron chi connectivity index (χ4n) is 2.84. The first-order valence-corrected chi connectivity index (χ1v) is 11.1. The van der Waals surface area contributed by atoms with Crippen molar-refractivity contribution in [3.8, 4) is 11.5 Å². The highest BCUT2D eigenvalue weighted by molar-refractivity contribution is 9.10. The van der Waals surface area contributed by atoms with E-state index >= 15 is 0 Å². The smallest absolute Gasteiger partial charge is 0.272 e. The molecule has 3 aromatic rings. The summed E-state index contributed by atoms with van der Waals surface area (Å²) in [5, 5.41) is 6.80. The number of hydrazone groups is 1. The summed E-state index contributed by atoms with van der Waals surface area (Å²) < 4.78 is 12.0. The minimum Gasteiger partial charge on any atom is -0.490 e. The van der Waals surface area contributed by atoms with Crippen LogP contribution in [0.5, 0.6) is 11.5 Å². The van der Waals surface area contributed by atoms with Gasteiger partial charge in [0, 0.05) is 10.2 Å². The van der Waals surface area contributed by atoms with Gasteiger partial charge in [0.1, 0.15) is 0 Å². The first-order valence-electron chi connectivity index (χ1n) is 10.3. The van der Waals surface area contributed by atoms with Crippen LogP contribution in [0.4, 0.5) is 5.69 Å². The Morgan fingerprint density at radius 1 is 1.00 bits per heavy atom. The lowest BCUT2D eigenvalue weighted by Crippen LogP contribution is -2.20. The summed E-state index contributed by atoms with van der Waals surface area (Å²) in [5.74, 6) is 0.303. The van der Waals surface area contributed by atoms with Crippen molar-refractivity contribution in [2.75, 3.05) is 18.5 Å². The Bertz CT molecular complexity index is 1150. The number of nitrogens with zero attached hydrogens (tertiary/aromatic N) is 1. The van der Waals surface area contributed by atoms with E-state index in [1.807, 2.05) is 44.2 Å². The van der Waals surface area contributed by atoms with Crippen LogP contribution in [-0.2, 0) is 4.79 Å². The highest BCUT2D eigenvalue weighted by Gasteiger charge is 2.10. The van der Waals surface area contributed by atoms with Crippen molar-refractivity contribution >= 4 is 39.6 Å². The van der Waals surface area contributed by atoms with Gasteiger partial charge in [-0.05, 0) is 77.8 Å². The molecule has 7 nitrogen and oxygen atoms in total. The summed E-state index contributed by atoms with van der Waals surface area (Å²) in [4.78, 5) is 24.4. The number of rotatable bonds is 9. The first-order chi connectivity index (χ1) is 16.0. The van der Waals surface area contributed by atoms with Crippen molar-refractivity contribution < 1.29 is 19.1 Å². The molecular formula is C25H24BrN3O4. The fourth-order valence-corrected chi connectivity index (χ4v) is 3.31. The number of nitrogens with one attached hydrogen (secondary N) is 2. The monoisotopic (exact) mass is 509 g/mol. The van der Waals surface area contributed by atoms with Crippen LogP contribution in [-0.4, -0.2) is 31.2 Å². The third-order valence-corrected chi connectivity index (χ3v) is 5.15. The van der Waals surface area contributed by atoms with E-state index in [4.69, 9.17) is 9.47 Å². The quantitative estimate of drug-likeness (QED) is 0.316. The third-order valence-electron chi connectivity index (χ3n) is 4.46. The predicted molar refractivity (Wildman–Crippen MR) is 132 cm³/mol. The van der Waals surface area contributed by atoms with E-state index < -0.39 is 0 Å². The molecule has 33 heavy (non-hydrogen) atoms. The van der Waals surface area contributed by atoms with Crippen LogP contribution < -0.4 is 20.2 Å². The van der Waals surface area contributed by atoms with Crippen molar-refractivity contribution in [3.63, 3.8) is 0 Å². The van der Waals surface area contributed by atoms with Gasteiger partial charge in [0.15, 0.2) is 18.1 Å². The van der Waals surface area contributed by atoms with Crippen molar-refractivity contribution in [3.05, 3.63) is 87.9 Å². The van der Waals surface area contributed by atoms with Gasteiger partial charge in [0.2, 0.25) is 0 Å². The van der Waals surface area contributed by atoms with E-state index in [2.05, 4.69) is 31.8 Å². The number of hydrogen-bond acceptors (Lipinski definition) is 5. The van der Waals surface area contributed by atoms with Crippen LogP contribution >= 0.6 is 15.9 Å². The lowest BCUT2D eigenvalue weighted by Gasteiger charge is -2.12. The molecule has 0 aliphatic heterocycles. The van der Waals surface area contributed by atoms with E-state index in [9.17, 15) is 9.59 Å². The Kier molecular flexibility index (Phi) is 8.60. The van der Waals surface area contributed by atoms with Gasteiger partial charge < -0.3 is 14.8 Å². The minimum absolute atomic E-state index is 0.163. The highest BCUT2D eigenvalue weighted by atomic mass is 79.9. The summed E-state index contributed by atoms with van der Waals surface area (Å²) in [5.41, 5.74) is 5.49. The molecule has 0 atom stereocenters. The molecule has 0 saturated heterocycles. The van der Waals surface area contributed by atoms with Gasteiger partial charge in [-0.25, -0.2) is 5.43 Å². The van der Waals surface area contributed by atoms with Gasteiger partial charge in [-0.2, -0.15) is 5.10 Å². The van der Waals surface area contributed by atoms with Crippen LogP contribution in [0, 0.1) is 6.92 Å². The molecule has 8 heteroatoms. The normalized spacial score (nSPS) is 10.6. The number of amides is 2. The van der Waals surface area contributed by atoms with Gasteiger partial charge >= 0.3 is 0 Å². The number of halogens is 1. The summed E-state index contributed by atoms with van der Waals surface area (Å²) in [6.45, 7) is 4.09. The zero-order valence-corrected chi connectivity index (χ0v) is 19.9. The number of aryl methyl sites for hydroxylation is 1. The van der Waals surface area contributed by atoms with Crippen LogP contribution in [0.25, 0.3) is 0 Å². The summed E-state index contributed by atoms with van der Waals surface area (Å²) in [7, 11) is 0. The van der Waals surface area contributed by atoms with Crippen molar-refractivity contribution in [2.24, 2.45) is 5.10 Å². The summed E-state index contributed by atoms with van der Waals surface area (Å²) in [6, 6.07) is 19.8. The van der Waals surface area contributed by atoms with Crippen LogP contribution in [0.2, 0.25) is 0 Å². The second kappa shape index (κ2) is 11.8. The van der Waals surface area contributed by atoms with Crippen LogP contribution in [0.1, 0.15) is 28.4 Å². The number of carbonyl (C=O) groups is 2. The number of benzene rings is 3. The molecule has 0 spiro atoms. The molecule has 3 rings (SSSR count). The van der Waals surface area contributed by atoms with E-state index in [1.54, 1.807) is 36.4 Å².